The Labute approximate surface area is 139 Å². The van der Waals surface area contributed by atoms with E-state index in [9.17, 15) is 13.2 Å². The van der Waals surface area contributed by atoms with Gasteiger partial charge < -0.3 is 9.57 Å². The Morgan fingerprint density at radius 1 is 1.00 bits per heavy atom. The van der Waals surface area contributed by atoms with Crippen LogP contribution in [0.15, 0.2) is 53.4 Å². The summed E-state index contributed by atoms with van der Waals surface area (Å²) >= 11 is 0. The van der Waals surface area contributed by atoms with Crippen molar-refractivity contribution in [2.24, 2.45) is 5.90 Å². The molecule has 0 atom stereocenters. The maximum absolute atomic E-state index is 12.1. The molecule has 1 aliphatic heterocycles. The molecule has 0 saturated heterocycles. The minimum atomic E-state index is -3.27. The number of benzene rings is 2. The average molecular weight is 345 g/mol. The second-order valence-electron chi connectivity index (χ2n) is 5.37. The highest BCUT2D eigenvalue weighted by Gasteiger charge is 2.27. The molecule has 0 saturated carbocycles. The first-order valence-electron chi connectivity index (χ1n) is 7.08. The van der Waals surface area contributed by atoms with Crippen LogP contribution < -0.4 is 10.7 Å². The van der Waals surface area contributed by atoms with Crippen molar-refractivity contribution in [2.45, 2.75) is 4.90 Å². The van der Waals surface area contributed by atoms with Crippen molar-refractivity contribution in [1.29, 1.82) is 0 Å². The third kappa shape index (κ3) is 3.04. The first-order valence-corrected chi connectivity index (χ1v) is 8.97. The summed E-state index contributed by atoms with van der Waals surface area (Å²) < 4.78 is 28.3. The third-order valence-electron chi connectivity index (χ3n) is 3.76. The van der Waals surface area contributed by atoms with Gasteiger partial charge in [0.1, 0.15) is 12.4 Å². The number of ether oxygens (including phenoxy) is 1. The number of hydrogen-bond donors (Lipinski definition) is 1. The molecule has 2 N–H and O–H groups in total. The van der Waals surface area contributed by atoms with E-state index in [0.29, 0.717) is 22.5 Å². The van der Waals surface area contributed by atoms with Gasteiger partial charge in [0.15, 0.2) is 9.84 Å². The summed E-state index contributed by atoms with van der Waals surface area (Å²) in [4.78, 5) is 17.0. The van der Waals surface area contributed by atoms with E-state index in [1.807, 2.05) is 0 Å². The number of hydrogen-bond acceptors (Lipinski definition) is 6. The van der Waals surface area contributed by atoms with Gasteiger partial charge in [0.25, 0.3) is 0 Å². The Hall–Kier alpha value is -2.64. The van der Waals surface area contributed by atoms with E-state index in [4.69, 9.17) is 10.6 Å². The zero-order chi connectivity index (χ0) is 17.3. The summed E-state index contributed by atoms with van der Waals surface area (Å²) in [6.45, 7) is 0.140. The number of carbonyl (C=O) groups is 1. The summed E-state index contributed by atoms with van der Waals surface area (Å²) in [7, 11) is -3.27. The van der Waals surface area contributed by atoms with Crippen molar-refractivity contribution in [3.05, 3.63) is 59.7 Å². The predicted octanol–water partition coefficient (Wildman–Crippen LogP) is 1.81. The van der Waals surface area contributed by atoms with Crippen molar-refractivity contribution in [1.82, 2.24) is 0 Å². The highest BCUT2D eigenvalue weighted by Crippen LogP contribution is 2.33. The van der Waals surface area contributed by atoms with Gasteiger partial charge in [0.2, 0.25) is 0 Å². The van der Waals surface area contributed by atoms with Crippen LogP contribution in [0.4, 0.5) is 0 Å². The Morgan fingerprint density at radius 2 is 1.58 bits per heavy atom. The van der Waals surface area contributed by atoms with E-state index in [2.05, 4.69) is 4.84 Å². The second kappa shape index (κ2) is 6.10. The summed E-state index contributed by atoms with van der Waals surface area (Å²) in [6.07, 6.45) is 1.15. The zero-order valence-corrected chi connectivity index (χ0v) is 13.7. The van der Waals surface area contributed by atoms with Gasteiger partial charge in [-0.25, -0.2) is 13.2 Å². The molecular weight excluding hydrogens is 330 g/mol. The summed E-state index contributed by atoms with van der Waals surface area (Å²) in [5.41, 5.74) is 2.58. The van der Waals surface area contributed by atoms with Gasteiger partial charge in [-0.15, -0.1) is 0 Å². The van der Waals surface area contributed by atoms with Crippen molar-refractivity contribution >= 4 is 27.0 Å². The fraction of sp³-hybridized carbons (Fsp3) is 0.118. The molecule has 0 radical (unpaired) electrons. The number of sulfone groups is 1. The Bertz CT molecular complexity index is 912. The number of cyclic esters (lactones) is 1. The SMILES string of the molecule is CS(=O)(=O)c1ccc(C2=C(c3ccc(ON)cc3)C(=O)OC2)cc1. The van der Waals surface area contributed by atoms with Gasteiger partial charge in [-0.05, 0) is 35.4 Å². The molecule has 0 unspecified atom stereocenters. The molecule has 7 heteroatoms. The molecule has 3 rings (SSSR count). The molecule has 24 heavy (non-hydrogen) atoms. The topological polar surface area (TPSA) is 95.7 Å². The minimum absolute atomic E-state index is 0.140. The van der Waals surface area contributed by atoms with E-state index in [1.165, 1.54) is 12.1 Å². The first-order chi connectivity index (χ1) is 11.4. The minimum Gasteiger partial charge on any atom is -0.457 e. The van der Waals surface area contributed by atoms with Crippen LogP contribution in [0.1, 0.15) is 11.1 Å². The number of nitrogens with two attached hydrogens (primary N) is 1. The van der Waals surface area contributed by atoms with Crippen LogP contribution in [0.2, 0.25) is 0 Å². The smallest absolute Gasteiger partial charge is 0.339 e. The van der Waals surface area contributed by atoms with E-state index >= 15 is 0 Å². The lowest BCUT2D eigenvalue weighted by Gasteiger charge is -2.06. The molecule has 0 fully saturated rings. The molecule has 0 aliphatic carbocycles. The molecule has 0 bridgehead atoms. The average Bonchev–Trinajstić information content (AvgIpc) is 2.96. The van der Waals surface area contributed by atoms with Crippen LogP contribution in [0.25, 0.3) is 11.1 Å². The molecule has 6 nitrogen and oxygen atoms in total. The predicted molar refractivity (Wildman–Crippen MR) is 88.6 cm³/mol. The van der Waals surface area contributed by atoms with E-state index in [-0.39, 0.29) is 11.5 Å². The summed E-state index contributed by atoms with van der Waals surface area (Å²) in [5.74, 6) is 5.15. The van der Waals surface area contributed by atoms with Crippen LogP contribution in [0.5, 0.6) is 5.75 Å². The molecule has 1 aliphatic rings. The fourth-order valence-corrected chi connectivity index (χ4v) is 3.16. The highest BCUT2D eigenvalue weighted by atomic mass is 32.2. The lowest BCUT2D eigenvalue weighted by molar-refractivity contribution is -0.133. The fourth-order valence-electron chi connectivity index (χ4n) is 2.53. The van der Waals surface area contributed by atoms with Crippen molar-refractivity contribution < 1.29 is 22.8 Å². The summed E-state index contributed by atoms with van der Waals surface area (Å²) in [6, 6.07) is 13.1. The van der Waals surface area contributed by atoms with Crippen LogP contribution in [0.3, 0.4) is 0 Å². The van der Waals surface area contributed by atoms with Gasteiger partial charge in [-0.1, -0.05) is 24.3 Å². The van der Waals surface area contributed by atoms with Crippen LogP contribution in [-0.2, 0) is 19.4 Å². The number of esters is 1. The van der Waals surface area contributed by atoms with Crippen molar-refractivity contribution in [3.63, 3.8) is 0 Å². The van der Waals surface area contributed by atoms with Crippen molar-refractivity contribution in [2.75, 3.05) is 12.9 Å². The van der Waals surface area contributed by atoms with Gasteiger partial charge >= 0.3 is 5.97 Å². The van der Waals surface area contributed by atoms with Gasteiger partial charge in [0, 0.05) is 11.8 Å². The molecule has 0 spiro atoms. The normalized spacial score (nSPS) is 14.7. The maximum atomic E-state index is 12.1. The number of rotatable bonds is 4. The molecular formula is C17H15NO5S. The lowest BCUT2D eigenvalue weighted by atomic mass is 9.97. The Balaban J connectivity index is 2.05. The van der Waals surface area contributed by atoms with Crippen LogP contribution in [0, 0.1) is 0 Å². The lowest BCUT2D eigenvalue weighted by Crippen LogP contribution is -2.02. The zero-order valence-electron chi connectivity index (χ0n) is 12.9. The van der Waals surface area contributed by atoms with Gasteiger partial charge in [-0.3, -0.25) is 0 Å². The van der Waals surface area contributed by atoms with Gasteiger partial charge in [0.05, 0.1) is 10.5 Å². The van der Waals surface area contributed by atoms with E-state index < -0.39 is 15.8 Å². The largest absolute Gasteiger partial charge is 0.457 e. The van der Waals surface area contributed by atoms with Crippen LogP contribution in [-0.4, -0.2) is 27.2 Å². The molecule has 2 aromatic rings. The third-order valence-corrected chi connectivity index (χ3v) is 4.89. The highest BCUT2D eigenvalue weighted by molar-refractivity contribution is 7.90. The Kier molecular flexibility index (Phi) is 4.13. The molecule has 1 heterocycles. The van der Waals surface area contributed by atoms with Crippen molar-refractivity contribution in [3.8, 4) is 5.75 Å². The van der Waals surface area contributed by atoms with E-state index in [0.717, 1.165) is 11.8 Å². The number of carbonyl (C=O) groups excluding carboxylic acids is 1. The van der Waals surface area contributed by atoms with Crippen LogP contribution >= 0.6 is 0 Å². The quantitative estimate of drug-likeness (QED) is 0.671. The van der Waals surface area contributed by atoms with E-state index in [1.54, 1.807) is 36.4 Å². The molecule has 0 amide bonds. The monoisotopic (exact) mass is 345 g/mol. The second-order valence-corrected chi connectivity index (χ2v) is 7.38. The molecule has 0 aromatic heterocycles. The van der Waals surface area contributed by atoms with Gasteiger partial charge in [-0.2, -0.15) is 5.90 Å². The molecule has 2 aromatic carbocycles. The first kappa shape index (κ1) is 16.2. The maximum Gasteiger partial charge on any atom is 0.339 e. The summed E-state index contributed by atoms with van der Waals surface area (Å²) in [5, 5.41) is 0. The standard InChI is InChI=1S/C17H15NO5S/c1-24(20,21)14-8-4-11(5-9-14)15-10-22-17(19)16(15)12-2-6-13(23-18)7-3-12/h2-9H,10,18H2,1H3. The Morgan fingerprint density at radius 3 is 2.12 bits per heavy atom. The molecule has 124 valence electrons.